The second-order valence-corrected chi connectivity index (χ2v) is 9.36. The lowest BCUT2D eigenvalue weighted by molar-refractivity contribution is -0.385. The van der Waals surface area contributed by atoms with Gasteiger partial charge in [-0.25, -0.2) is 13.2 Å². The Morgan fingerprint density at radius 1 is 1.21 bits per heavy atom. The molecule has 33 heavy (non-hydrogen) atoms. The van der Waals surface area contributed by atoms with Gasteiger partial charge in [0.05, 0.1) is 28.7 Å². The number of rotatable bonds is 7. The van der Waals surface area contributed by atoms with Crippen LogP contribution in [0.3, 0.4) is 0 Å². The number of hydrogen-bond donors (Lipinski definition) is 1. The van der Waals surface area contributed by atoms with Gasteiger partial charge in [-0.1, -0.05) is 17.7 Å². The number of nitrogens with one attached hydrogen (secondary N) is 1. The molecule has 11 nitrogen and oxygen atoms in total. The van der Waals surface area contributed by atoms with Crippen molar-refractivity contribution in [2.45, 2.75) is 11.8 Å². The summed E-state index contributed by atoms with van der Waals surface area (Å²) < 4.78 is 37.1. The summed E-state index contributed by atoms with van der Waals surface area (Å²) in [6.45, 7) is 1.74. The van der Waals surface area contributed by atoms with Crippen molar-refractivity contribution in [2.24, 2.45) is 0 Å². The number of nitro benzene ring substituents is 1. The van der Waals surface area contributed by atoms with Crippen LogP contribution in [0.2, 0.25) is 5.02 Å². The van der Waals surface area contributed by atoms with Gasteiger partial charge in [0.15, 0.2) is 6.61 Å². The smallest absolute Gasteiger partial charge is 0.338 e. The van der Waals surface area contributed by atoms with E-state index in [0.717, 1.165) is 6.07 Å². The van der Waals surface area contributed by atoms with E-state index in [-0.39, 0.29) is 53.2 Å². The Balaban J connectivity index is 1.66. The number of carbonyl (C=O) groups excluding carboxylic acids is 2. The van der Waals surface area contributed by atoms with E-state index in [2.05, 4.69) is 5.32 Å². The third kappa shape index (κ3) is 5.85. The first-order chi connectivity index (χ1) is 15.6. The van der Waals surface area contributed by atoms with Crippen LogP contribution in [0.4, 0.5) is 11.4 Å². The van der Waals surface area contributed by atoms with E-state index in [4.69, 9.17) is 21.1 Å². The van der Waals surface area contributed by atoms with E-state index in [1.165, 1.54) is 41.6 Å². The molecule has 1 aliphatic rings. The highest BCUT2D eigenvalue weighted by Gasteiger charge is 2.28. The minimum Gasteiger partial charge on any atom is -0.452 e. The van der Waals surface area contributed by atoms with E-state index < -0.39 is 33.4 Å². The van der Waals surface area contributed by atoms with Crippen LogP contribution in [0.1, 0.15) is 15.9 Å². The molecule has 0 bridgehead atoms. The molecule has 1 amide bonds. The third-order valence-corrected chi connectivity index (χ3v) is 7.16. The second kappa shape index (κ2) is 10.3. The molecule has 1 fully saturated rings. The standard InChI is InChI=1S/C20H20ClN3O8S/c1-13-2-3-14(10-17(13)24(27)28)20(26)32-12-19(25)22-15-4-5-16(21)18(11-15)33(29,30)23-6-8-31-9-7-23/h2-5,10-11H,6-9,12H2,1H3,(H,22,25). The number of aryl methyl sites for hydroxylation is 1. The van der Waals surface area contributed by atoms with Crippen molar-refractivity contribution in [1.29, 1.82) is 0 Å². The van der Waals surface area contributed by atoms with E-state index in [1.54, 1.807) is 0 Å². The molecule has 176 valence electrons. The Bertz CT molecular complexity index is 1200. The molecule has 0 aromatic heterocycles. The Morgan fingerprint density at radius 3 is 2.58 bits per heavy atom. The number of nitro groups is 1. The van der Waals surface area contributed by atoms with E-state index >= 15 is 0 Å². The molecular weight excluding hydrogens is 478 g/mol. The highest BCUT2D eigenvalue weighted by molar-refractivity contribution is 7.89. The predicted octanol–water partition coefficient (Wildman–Crippen LogP) is 2.37. The molecule has 0 radical (unpaired) electrons. The average molecular weight is 498 g/mol. The summed E-state index contributed by atoms with van der Waals surface area (Å²) in [5.41, 5.74) is 0.188. The van der Waals surface area contributed by atoms with Crippen LogP contribution >= 0.6 is 11.6 Å². The lowest BCUT2D eigenvalue weighted by Gasteiger charge is -2.26. The van der Waals surface area contributed by atoms with Gasteiger partial charge < -0.3 is 14.8 Å². The highest BCUT2D eigenvalue weighted by Crippen LogP contribution is 2.28. The maximum absolute atomic E-state index is 12.9. The number of amides is 1. The minimum atomic E-state index is -3.90. The Labute approximate surface area is 194 Å². The number of anilines is 1. The van der Waals surface area contributed by atoms with Gasteiger partial charge in [-0.2, -0.15) is 4.31 Å². The number of sulfonamides is 1. The topological polar surface area (TPSA) is 145 Å². The first-order valence-electron chi connectivity index (χ1n) is 9.69. The molecule has 0 unspecified atom stereocenters. The number of ether oxygens (including phenoxy) is 2. The quantitative estimate of drug-likeness (QED) is 0.348. The first-order valence-corrected chi connectivity index (χ1v) is 11.5. The Morgan fingerprint density at radius 2 is 1.91 bits per heavy atom. The zero-order chi connectivity index (χ0) is 24.2. The SMILES string of the molecule is Cc1ccc(C(=O)OCC(=O)Nc2ccc(Cl)c(S(=O)(=O)N3CCOCC3)c2)cc1[N+](=O)[O-]. The fraction of sp³-hybridized carbons (Fsp3) is 0.300. The fourth-order valence-electron chi connectivity index (χ4n) is 3.05. The van der Waals surface area contributed by atoms with Gasteiger partial charge >= 0.3 is 5.97 Å². The lowest BCUT2D eigenvalue weighted by Crippen LogP contribution is -2.40. The monoisotopic (exact) mass is 497 g/mol. The zero-order valence-corrected chi connectivity index (χ0v) is 19.0. The van der Waals surface area contributed by atoms with Crippen LogP contribution in [0.5, 0.6) is 0 Å². The second-order valence-electron chi connectivity index (χ2n) is 7.04. The number of esters is 1. The van der Waals surface area contributed by atoms with Crippen LogP contribution in [0.25, 0.3) is 0 Å². The molecule has 0 atom stereocenters. The van der Waals surface area contributed by atoms with Crippen molar-refractivity contribution in [1.82, 2.24) is 4.31 Å². The van der Waals surface area contributed by atoms with Crippen LogP contribution in [0.15, 0.2) is 41.3 Å². The largest absolute Gasteiger partial charge is 0.452 e. The maximum atomic E-state index is 12.9. The van der Waals surface area contributed by atoms with Crippen LogP contribution < -0.4 is 5.32 Å². The molecule has 1 saturated heterocycles. The van der Waals surface area contributed by atoms with E-state index in [9.17, 15) is 28.1 Å². The predicted molar refractivity (Wildman–Crippen MR) is 118 cm³/mol. The summed E-state index contributed by atoms with van der Waals surface area (Å²) in [6.07, 6.45) is 0. The summed E-state index contributed by atoms with van der Waals surface area (Å²) >= 11 is 6.09. The van der Waals surface area contributed by atoms with Gasteiger partial charge in [-0.3, -0.25) is 14.9 Å². The number of halogens is 1. The third-order valence-electron chi connectivity index (χ3n) is 4.78. The molecule has 0 spiro atoms. The summed E-state index contributed by atoms with van der Waals surface area (Å²) in [6, 6.07) is 7.78. The molecule has 0 aliphatic carbocycles. The van der Waals surface area contributed by atoms with Crippen LogP contribution in [0, 0.1) is 17.0 Å². The zero-order valence-electron chi connectivity index (χ0n) is 17.4. The number of morpholine rings is 1. The van der Waals surface area contributed by atoms with Gasteiger partial charge in [0.1, 0.15) is 4.90 Å². The summed E-state index contributed by atoms with van der Waals surface area (Å²) in [7, 11) is -3.90. The van der Waals surface area contributed by atoms with Crippen LogP contribution in [-0.4, -0.2) is 62.4 Å². The molecule has 3 rings (SSSR count). The van der Waals surface area contributed by atoms with Crippen molar-refractivity contribution in [3.63, 3.8) is 0 Å². The van der Waals surface area contributed by atoms with Gasteiger partial charge in [-0.15, -0.1) is 0 Å². The van der Waals surface area contributed by atoms with Crippen LogP contribution in [-0.2, 0) is 24.3 Å². The highest BCUT2D eigenvalue weighted by atomic mass is 35.5. The molecule has 2 aromatic rings. The normalized spacial score (nSPS) is 14.5. The maximum Gasteiger partial charge on any atom is 0.338 e. The van der Waals surface area contributed by atoms with Crippen molar-refractivity contribution in [3.8, 4) is 0 Å². The average Bonchev–Trinajstić information content (AvgIpc) is 2.79. The Kier molecular flexibility index (Phi) is 7.64. The number of nitrogens with zero attached hydrogens (tertiary/aromatic N) is 2. The Hall–Kier alpha value is -3.06. The molecule has 13 heteroatoms. The molecular formula is C20H20ClN3O8S. The first kappa shape index (κ1) is 24.6. The fourth-order valence-corrected chi connectivity index (χ4v) is 4.96. The summed E-state index contributed by atoms with van der Waals surface area (Å²) in [5.74, 6) is -1.65. The van der Waals surface area contributed by atoms with Gasteiger partial charge in [0.2, 0.25) is 10.0 Å². The lowest BCUT2D eigenvalue weighted by atomic mass is 10.1. The van der Waals surface area contributed by atoms with E-state index in [0.29, 0.717) is 5.56 Å². The summed E-state index contributed by atoms with van der Waals surface area (Å²) in [4.78, 5) is 34.6. The number of hydrogen-bond acceptors (Lipinski definition) is 8. The van der Waals surface area contributed by atoms with E-state index in [1.807, 2.05) is 0 Å². The van der Waals surface area contributed by atoms with Crippen molar-refractivity contribution in [2.75, 3.05) is 38.2 Å². The van der Waals surface area contributed by atoms with Crippen molar-refractivity contribution < 1.29 is 32.4 Å². The molecule has 1 heterocycles. The van der Waals surface area contributed by atoms with Crippen molar-refractivity contribution in [3.05, 3.63) is 62.7 Å². The molecule has 1 N–H and O–H groups in total. The van der Waals surface area contributed by atoms with Gasteiger partial charge in [0.25, 0.3) is 11.6 Å². The van der Waals surface area contributed by atoms with Gasteiger partial charge in [0, 0.05) is 30.4 Å². The minimum absolute atomic E-state index is 0.00751. The number of benzene rings is 2. The molecule has 0 saturated carbocycles. The molecule has 1 aliphatic heterocycles. The number of carbonyl (C=O) groups is 2. The van der Waals surface area contributed by atoms with Crippen molar-refractivity contribution >= 4 is 44.9 Å². The molecule has 2 aromatic carbocycles. The summed E-state index contributed by atoms with van der Waals surface area (Å²) in [5, 5.41) is 13.4. The van der Waals surface area contributed by atoms with Gasteiger partial charge in [-0.05, 0) is 31.2 Å².